The highest BCUT2D eigenvalue weighted by Crippen LogP contribution is 2.33. The Hall–Kier alpha value is -1.06. The standard InChI is InChI=1S/C15H27NO3/c1-15(2,3)12(7-8-14(18)19)9-11-16-10-5-4-6-13(16)17/h12H,4-11H2,1-3H3,(H,18,19). The molecule has 1 atom stereocenters. The number of carboxylic acid groups (broad SMARTS) is 1. The van der Waals surface area contributed by atoms with Crippen LogP contribution in [0.3, 0.4) is 0 Å². The van der Waals surface area contributed by atoms with Crippen molar-refractivity contribution in [3.63, 3.8) is 0 Å². The lowest BCUT2D eigenvalue weighted by Crippen LogP contribution is -2.37. The van der Waals surface area contributed by atoms with E-state index in [4.69, 9.17) is 5.11 Å². The molecule has 1 saturated heterocycles. The molecule has 1 unspecified atom stereocenters. The number of aliphatic carboxylic acids is 1. The van der Waals surface area contributed by atoms with Gasteiger partial charge in [-0.3, -0.25) is 9.59 Å². The first-order chi connectivity index (χ1) is 8.80. The Labute approximate surface area is 116 Å². The van der Waals surface area contributed by atoms with Crippen LogP contribution in [0.2, 0.25) is 0 Å². The minimum Gasteiger partial charge on any atom is -0.481 e. The third-order valence-corrected chi connectivity index (χ3v) is 4.10. The second-order valence-corrected chi connectivity index (χ2v) is 6.62. The molecule has 1 fully saturated rings. The summed E-state index contributed by atoms with van der Waals surface area (Å²) in [5.74, 6) is -0.126. The number of carbonyl (C=O) groups is 2. The minimum absolute atomic E-state index is 0.0916. The van der Waals surface area contributed by atoms with E-state index < -0.39 is 5.97 Å². The fraction of sp³-hybridized carbons (Fsp3) is 0.867. The number of rotatable bonds is 6. The number of hydrogen-bond donors (Lipinski definition) is 1. The first-order valence-corrected chi connectivity index (χ1v) is 7.30. The molecule has 1 aliphatic rings. The molecule has 0 aromatic heterocycles. The van der Waals surface area contributed by atoms with E-state index in [0.717, 1.165) is 32.4 Å². The number of likely N-dealkylation sites (tertiary alicyclic amines) is 1. The zero-order chi connectivity index (χ0) is 14.5. The summed E-state index contributed by atoms with van der Waals surface area (Å²) in [6.45, 7) is 8.10. The Morgan fingerprint density at radius 1 is 1.32 bits per heavy atom. The highest BCUT2D eigenvalue weighted by molar-refractivity contribution is 5.76. The third-order valence-electron chi connectivity index (χ3n) is 4.10. The fourth-order valence-corrected chi connectivity index (χ4v) is 2.72. The molecule has 0 aromatic carbocycles. The van der Waals surface area contributed by atoms with Crippen molar-refractivity contribution in [3.05, 3.63) is 0 Å². The predicted molar refractivity (Wildman–Crippen MR) is 74.9 cm³/mol. The summed E-state index contributed by atoms with van der Waals surface area (Å²) in [5, 5.41) is 8.82. The zero-order valence-corrected chi connectivity index (χ0v) is 12.4. The van der Waals surface area contributed by atoms with Crippen LogP contribution in [0.5, 0.6) is 0 Å². The van der Waals surface area contributed by atoms with Crippen molar-refractivity contribution >= 4 is 11.9 Å². The quantitative estimate of drug-likeness (QED) is 0.806. The Bertz CT molecular complexity index is 320. The first-order valence-electron chi connectivity index (χ1n) is 7.30. The molecule has 0 spiro atoms. The van der Waals surface area contributed by atoms with E-state index in [1.807, 2.05) is 4.90 Å². The molecule has 1 N–H and O–H groups in total. The van der Waals surface area contributed by atoms with Gasteiger partial charge in [0.1, 0.15) is 0 Å². The van der Waals surface area contributed by atoms with Crippen LogP contribution in [0.25, 0.3) is 0 Å². The van der Waals surface area contributed by atoms with E-state index in [0.29, 0.717) is 18.8 Å². The van der Waals surface area contributed by atoms with E-state index in [-0.39, 0.29) is 17.7 Å². The average Bonchev–Trinajstić information content (AvgIpc) is 2.29. The maximum absolute atomic E-state index is 11.8. The van der Waals surface area contributed by atoms with E-state index in [2.05, 4.69) is 20.8 Å². The highest BCUT2D eigenvalue weighted by Gasteiger charge is 2.27. The Morgan fingerprint density at radius 2 is 2.00 bits per heavy atom. The normalized spacial score (nSPS) is 18.5. The maximum Gasteiger partial charge on any atom is 0.303 e. The first kappa shape index (κ1) is 16.0. The van der Waals surface area contributed by atoms with Gasteiger partial charge in [-0.1, -0.05) is 20.8 Å². The summed E-state index contributed by atoms with van der Waals surface area (Å²) in [6, 6.07) is 0. The summed E-state index contributed by atoms with van der Waals surface area (Å²) in [6.07, 6.45) is 4.60. The lowest BCUT2D eigenvalue weighted by Gasteiger charge is -2.34. The van der Waals surface area contributed by atoms with Gasteiger partial charge in [0, 0.05) is 25.9 Å². The molecule has 4 nitrogen and oxygen atoms in total. The van der Waals surface area contributed by atoms with Crippen molar-refractivity contribution in [1.29, 1.82) is 0 Å². The van der Waals surface area contributed by atoms with Crippen LogP contribution < -0.4 is 0 Å². The molecule has 0 aromatic rings. The van der Waals surface area contributed by atoms with E-state index in [9.17, 15) is 9.59 Å². The lowest BCUT2D eigenvalue weighted by molar-refractivity contribution is -0.138. The summed E-state index contributed by atoms with van der Waals surface area (Å²) in [4.78, 5) is 24.4. The monoisotopic (exact) mass is 269 g/mol. The Kier molecular flexibility index (Phi) is 5.83. The van der Waals surface area contributed by atoms with E-state index in [1.165, 1.54) is 0 Å². The summed E-state index contributed by atoms with van der Waals surface area (Å²) in [5.41, 5.74) is 0.0916. The number of nitrogens with zero attached hydrogens (tertiary/aromatic N) is 1. The van der Waals surface area contributed by atoms with Crippen molar-refractivity contribution in [2.24, 2.45) is 11.3 Å². The molecule has 1 amide bonds. The van der Waals surface area contributed by atoms with Crippen molar-refractivity contribution < 1.29 is 14.7 Å². The van der Waals surface area contributed by atoms with Crippen LogP contribution in [0, 0.1) is 11.3 Å². The SMILES string of the molecule is CC(C)(C)C(CCC(=O)O)CCN1CCCCC1=O. The molecule has 0 bridgehead atoms. The van der Waals surface area contributed by atoms with Crippen molar-refractivity contribution in [2.45, 2.75) is 59.3 Å². The number of amides is 1. The molecule has 1 rings (SSSR count). The Balaban J connectivity index is 2.47. The van der Waals surface area contributed by atoms with Gasteiger partial charge in [-0.2, -0.15) is 0 Å². The van der Waals surface area contributed by atoms with Gasteiger partial charge in [0.05, 0.1) is 0 Å². The number of carboxylic acids is 1. The van der Waals surface area contributed by atoms with Gasteiger partial charge >= 0.3 is 5.97 Å². The number of carbonyl (C=O) groups excluding carboxylic acids is 1. The van der Waals surface area contributed by atoms with Crippen LogP contribution in [0.1, 0.15) is 59.3 Å². The molecular weight excluding hydrogens is 242 g/mol. The molecule has 0 aliphatic carbocycles. The van der Waals surface area contributed by atoms with Crippen molar-refractivity contribution in [3.8, 4) is 0 Å². The molecular formula is C15H27NO3. The fourth-order valence-electron chi connectivity index (χ4n) is 2.72. The summed E-state index contributed by atoms with van der Waals surface area (Å²) < 4.78 is 0. The van der Waals surface area contributed by atoms with E-state index >= 15 is 0 Å². The van der Waals surface area contributed by atoms with Crippen LogP contribution in [0.15, 0.2) is 0 Å². The Morgan fingerprint density at radius 3 is 2.53 bits per heavy atom. The number of piperidine rings is 1. The topological polar surface area (TPSA) is 57.6 Å². The third kappa shape index (κ3) is 5.62. The second kappa shape index (κ2) is 6.92. The largest absolute Gasteiger partial charge is 0.481 e. The molecule has 0 saturated carbocycles. The molecule has 110 valence electrons. The van der Waals surface area contributed by atoms with Crippen LogP contribution in [0.4, 0.5) is 0 Å². The van der Waals surface area contributed by atoms with Gasteiger partial charge in [0.2, 0.25) is 5.91 Å². The van der Waals surface area contributed by atoms with Gasteiger partial charge in [-0.25, -0.2) is 0 Å². The molecule has 4 heteroatoms. The van der Waals surface area contributed by atoms with E-state index in [1.54, 1.807) is 0 Å². The summed E-state index contributed by atoms with van der Waals surface area (Å²) >= 11 is 0. The average molecular weight is 269 g/mol. The predicted octanol–water partition coefficient (Wildman–Crippen LogP) is 2.92. The van der Waals surface area contributed by atoms with Gasteiger partial charge in [0.15, 0.2) is 0 Å². The second-order valence-electron chi connectivity index (χ2n) is 6.62. The van der Waals surface area contributed by atoms with Gasteiger partial charge < -0.3 is 10.0 Å². The van der Waals surface area contributed by atoms with Crippen LogP contribution in [-0.4, -0.2) is 35.0 Å². The number of hydrogen-bond acceptors (Lipinski definition) is 2. The van der Waals surface area contributed by atoms with Crippen LogP contribution in [-0.2, 0) is 9.59 Å². The summed E-state index contributed by atoms with van der Waals surface area (Å²) in [7, 11) is 0. The van der Waals surface area contributed by atoms with Gasteiger partial charge in [-0.15, -0.1) is 0 Å². The minimum atomic E-state index is -0.733. The van der Waals surface area contributed by atoms with Gasteiger partial charge in [-0.05, 0) is 37.0 Å². The highest BCUT2D eigenvalue weighted by atomic mass is 16.4. The van der Waals surface area contributed by atoms with Crippen molar-refractivity contribution in [2.75, 3.05) is 13.1 Å². The maximum atomic E-state index is 11.8. The molecule has 0 radical (unpaired) electrons. The van der Waals surface area contributed by atoms with Gasteiger partial charge in [0.25, 0.3) is 0 Å². The molecule has 1 heterocycles. The van der Waals surface area contributed by atoms with Crippen molar-refractivity contribution in [1.82, 2.24) is 4.90 Å². The lowest BCUT2D eigenvalue weighted by atomic mass is 9.76. The molecule has 19 heavy (non-hydrogen) atoms. The zero-order valence-electron chi connectivity index (χ0n) is 12.4. The van der Waals surface area contributed by atoms with Crippen LogP contribution >= 0.6 is 0 Å². The molecule has 1 aliphatic heterocycles. The smallest absolute Gasteiger partial charge is 0.303 e.